The van der Waals surface area contributed by atoms with Gasteiger partial charge in [-0.15, -0.1) is 0 Å². The largest absolute Gasteiger partial charge is 0.310 e. The highest BCUT2D eigenvalue weighted by atomic mass is 32.2. The molecule has 0 aliphatic carbocycles. The van der Waals surface area contributed by atoms with Crippen LogP contribution in [-0.4, -0.2) is 18.6 Å². The van der Waals surface area contributed by atoms with Crippen LogP contribution in [0.3, 0.4) is 0 Å². The molecule has 1 nitrogen and oxygen atoms in total. The third-order valence-corrected chi connectivity index (χ3v) is 3.29. The topological polar surface area (TPSA) is 12.0 Å². The fourth-order valence-electron chi connectivity index (χ4n) is 1.63. The molecule has 0 saturated carbocycles. The van der Waals surface area contributed by atoms with Gasteiger partial charge in [0, 0.05) is 11.6 Å². The first-order valence-electron chi connectivity index (χ1n) is 5.72. The Morgan fingerprint density at radius 1 is 1.31 bits per heavy atom. The fraction of sp³-hybridized carbons (Fsp3) is 0.538. The minimum Gasteiger partial charge on any atom is -0.310 e. The Hall–Kier alpha value is -0.540. The van der Waals surface area contributed by atoms with E-state index in [4.69, 9.17) is 0 Å². The first kappa shape index (κ1) is 13.5. The molecule has 0 spiro atoms. The number of halogens is 1. The van der Waals surface area contributed by atoms with E-state index in [1.54, 1.807) is 6.07 Å². The van der Waals surface area contributed by atoms with Crippen molar-refractivity contribution < 1.29 is 4.39 Å². The molecule has 1 aromatic rings. The number of unbranched alkanes of at least 4 members (excludes halogenated alkanes) is 1. The molecule has 0 amide bonds. The van der Waals surface area contributed by atoms with Crippen molar-refractivity contribution >= 4 is 11.8 Å². The molecule has 0 saturated heterocycles. The third-order valence-electron chi connectivity index (χ3n) is 2.60. The van der Waals surface area contributed by atoms with Crippen molar-refractivity contribution in [3.05, 3.63) is 35.6 Å². The summed E-state index contributed by atoms with van der Waals surface area (Å²) in [6.07, 6.45) is 4.49. The molecule has 3 heteroatoms. The van der Waals surface area contributed by atoms with E-state index in [1.165, 1.54) is 18.2 Å². The molecule has 1 aromatic carbocycles. The van der Waals surface area contributed by atoms with Crippen molar-refractivity contribution in [1.82, 2.24) is 5.32 Å². The SMILES string of the molecule is CSCCCCNC(C)c1ccccc1F. The number of nitrogens with one attached hydrogen (secondary N) is 1. The summed E-state index contributed by atoms with van der Waals surface area (Å²) >= 11 is 1.87. The van der Waals surface area contributed by atoms with Gasteiger partial charge in [0.2, 0.25) is 0 Å². The summed E-state index contributed by atoms with van der Waals surface area (Å²) in [6.45, 7) is 2.96. The van der Waals surface area contributed by atoms with Crippen LogP contribution in [0.1, 0.15) is 31.4 Å². The van der Waals surface area contributed by atoms with E-state index in [0.717, 1.165) is 18.5 Å². The summed E-state index contributed by atoms with van der Waals surface area (Å²) < 4.78 is 13.4. The second-order valence-corrected chi connectivity index (χ2v) is 4.88. The van der Waals surface area contributed by atoms with E-state index in [9.17, 15) is 4.39 Å². The number of rotatable bonds is 7. The number of thioether (sulfide) groups is 1. The smallest absolute Gasteiger partial charge is 0.127 e. The van der Waals surface area contributed by atoms with Crippen LogP contribution < -0.4 is 5.32 Å². The number of benzene rings is 1. The summed E-state index contributed by atoms with van der Waals surface area (Å²) in [6, 6.07) is 7.06. The van der Waals surface area contributed by atoms with Crippen molar-refractivity contribution in [2.45, 2.75) is 25.8 Å². The van der Waals surface area contributed by atoms with Gasteiger partial charge in [-0.25, -0.2) is 4.39 Å². The maximum absolute atomic E-state index is 13.4. The van der Waals surface area contributed by atoms with E-state index < -0.39 is 0 Å². The van der Waals surface area contributed by atoms with E-state index in [1.807, 2.05) is 30.8 Å². The molecule has 90 valence electrons. The Kier molecular flexibility index (Phi) is 6.50. The highest BCUT2D eigenvalue weighted by Gasteiger charge is 2.08. The van der Waals surface area contributed by atoms with Crippen LogP contribution in [0.5, 0.6) is 0 Å². The van der Waals surface area contributed by atoms with Crippen LogP contribution >= 0.6 is 11.8 Å². The Balaban J connectivity index is 2.30. The maximum Gasteiger partial charge on any atom is 0.127 e. The monoisotopic (exact) mass is 241 g/mol. The normalized spacial score (nSPS) is 12.7. The lowest BCUT2D eigenvalue weighted by molar-refractivity contribution is 0.520. The molecular formula is C13H20FNS. The molecular weight excluding hydrogens is 221 g/mol. The standard InChI is InChI=1S/C13H20FNS/c1-11(15-9-5-6-10-16-2)12-7-3-4-8-13(12)14/h3-4,7-8,11,15H,5-6,9-10H2,1-2H3. The molecule has 0 aliphatic heterocycles. The first-order chi connectivity index (χ1) is 7.75. The molecule has 0 heterocycles. The highest BCUT2D eigenvalue weighted by Crippen LogP contribution is 2.15. The number of hydrogen-bond acceptors (Lipinski definition) is 2. The summed E-state index contributed by atoms with van der Waals surface area (Å²) in [5, 5.41) is 3.35. The second kappa shape index (κ2) is 7.69. The molecule has 16 heavy (non-hydrogen) atoms. The Labute approximate surface area is 102 Å². The van der Waals surface area contributed by atoms with Gasteiger partial charge in [-0.05, 0) is 44.4 Å². The first-order valence-corrected chi connectivity index (χ1v) is 7.12. The quantitative estimate of drug-likeness (QED) is 0.732. The van der Waals surface area contributed by atoms with Crippen molar-refractivity contribution in [2.24, 2.45) is 0 Å². The van der Waals surface area contributed by atoms with Crippen LogP contribution in [0, 0.1) is 5.82 Å². The van der Waals surface area contributed by atoms with E-state index in [-0.39, 0.29) is 11.9 Å². The van der Waals surface area contributed by atoms with Crippen molar-refractivity contribution in [1.29, 1.82) is 0 Å². The van der Waals surface area contributed by atoms with Gasteiger partial charge in [-0.2, -0.15) is 11.8 Å². The summed E-state index contributed by atoms with van der Waals surface area (Å²) in [5.41, 5.74) is 0.757. The zero-order valence-electron chi connectivity index (χ0n) is 10.0. The molecule has 0 bridgehead atoms. The lowest BCUT2D eigenvalue weighted by atomic mass is 10.1. The molecule has 1 atom stereocenters. The van der Waals surface area contributed by atoms with Crippen LogP contribution in [0.15, 0.2) is 24.3 Å². The lowest BCUT2D eigenvalue weighted by Crippen LogP contribution is -2.20. The molecule has 0 aromatic heterocycles. The van der Waals surface area contributed by atoms with Crippen molar-refractivity contribution in [3.8, 4) is 0 Å². The minimum atomic E-state index is -0.119. The predicted octanol–water partition coefficient (Wildman–Crippen LogP) is 3.62. The van der Waals surface area contributed by atoms with Crippen molar-refractivity contribution in [3.63, 3.8) is 0 Å². The molecule has 1 rings (SSSR count). The van der Waals surface area contributed by atoms with E-state index in [2.05, 4.69) is 11.6 Å². The van der Waals surface area contributed by atoms with Gasteiger partial charge < -0.3 is 5.32 Å². The predicted molar refractivity (Wildman–Crippen MR) is 70.4 cm³/mol. The third kappa shape index (κ3) is 4.54. The van der Waals surface area contributed by atoms with Gasteiger partial charge in [0.05, 0.1) is 0 Å². The molecule has 1 unspecified atom stereocenters. The van der Waals surface area contributed by atoms with Gasteiger partial charge in [-0.3, -0.25) is 0 Å². The van der Waals surface area contributed by atoms with Crippen LogP contribution in [0.2, 0.25) is 0 Å². The Morgan fingerprint density at radius 3 is 2.75 bits per heavy atom. The van der Waals surface area contributed by atoms with E-state index >= 15 is 0 Å². The summed E-state index contributed by atoms with van der Waals surface area (Å²) in [4.78, 5) is 0. The Morgan fingerprint density at radius 2 is 2.06 bits per heavy atom. The molecule has 1 N–H and O–H groups in total. The number of hydrogen-bond donors (Lipinski definition) is 1. The van der Waals surface area contributed by atoms with Crippen molar-refractivity contribution in [2.75, 3.05) is 18.6 Å². The zero-order chi connectivity index (χ0) is 11.8. The lowest BCUT2D eigenvalue weighted by Gasteiger charge is -2.14. The maximum atomic E-state index is 13.4. The fourth-order valence-corrected chi connectivity index (χ4v) is 2.12. The van der Waals surface area contributed by atoms with Gasteiger partial charge in [0.1, 0.15) is 5.82 Å². The average Bonchev–Trinajstić information content (AvgIpc) is 2.29. The second-order valence-electron chi connectivity index (χ2n) is 3.90. The van der Waals surface area contributed by atoms with Gasteiger partial charge in [-0.1, -0.05) is 18.2 Å². The molecule has 0 radical (unpaired) electrons. The molecule has 0 aliphatic rings. The minimum absolute atomic E-state index is 0.0930. The van der Waals surface area contributed by atoms with E-state index in [0.29, 0.717) is 0 Å². The highest BCUT2D eigenvalue weighted by molar-refractivity contribution is 7.98. The summed E-state index contributed by atoms with van der Waals surface area (Å²) in [5.74, 6) is 1.09. The van der Waals surface area contributed by atoms with Crippen LogP contribution in [0.25, 0.3) is 0 Å². The zero-order valence-corrected chi connectivity index (χ0v) is 10.8. The molecule has 0 fully saturated rings. The summed E-state index contributed by atoms with van der Waals surface area (Å²) in [7, 11) is 0. The average molecular weight is 241 g/mol. The Bertz CT molecular complexity index is 304. The van der Waals surface area contributed by atoms with Gasteiger partial charge >= 0.3 is 0 Å². The van der Waals surface area contributed by atoms with Gasteiger partial charge in [0.25, 0.3) is 0 Å². The van der Waals surface area contributed by atoms with Crippen LogP contribution in [0.4, 0.5) is 4.39 Å². The van der Waals surface area contributed by atoms with Crippen LogP contribution in [-0.2, 0) is 0 Å². The van der Waals surface area contributed by atoms with Gasteiger partial charge in [0.15, 0.2) is 0 Å².